The molecule has 1 aliphatic rings. The van der Waals surface area contributed by atoms with Gasteiger partial charge in [0.25, 0.3) is 5.91 Å². The standard InChI is InChI=1S/C14H16BrCl2NO/c15-12-9-10(5-6-13(12)17)14(19)18(8-7-16)11-3-1-2-4-11/h5-6,9,11H,1-4,7-8H2. The van der Waals surface area contributed by atoms with Gasteiger partial charge in [0.1, 0.15) is 0 Å². The third-order valence-corrected chi connectivity index (χ3v) is 4.90. The Kier molecular flexibility index (Phi) is 5.55. The summed E-state index contributed by atoms with van der Waals surface area (Å²) in [5.74, 6) is 0.515. The lowest BCUT2D eigenvalue weighted by atomic mass is 10.1. The van der Waals surface area contributed by atoms with Crippen LogP contribution < -0.4 is 0 Å². The van der Waals surface area contributed by atoms with Crippen molar-refractivity contribution in [3.05, 3.63) is 33.3 Å². The average molecular weight is 365 g/mol. The van der Waals surface area contributed by atoms with Crippen LogP contribution in [0.2, 0.25) is 5.02 Å². The second-order valence-corrected chi connectivity index (χ2v) is 6.39. The maximum Gasteiger partial charge on any atom is 0.254 e. The molecular formula is C14H16BrCl2NO. The van der Waals surface area contributed by atoms with E-state index in [0.717, 1.165) is 17.3 Å². The largest absolute Gasteiger partial charge is 0.334 e. The van der Waals surface area contributed by atoms with Crippen LogP contribution in [0.3, 0.4) is 0 Å². The van der Waals surface area contributed by atoms with Crippen LogP contribution in [0.1, 0.15) is 36.0 Å². The normalized spacial score (nSPS) is 15.7. The summed E-state index contributed by atoms with van der Waals surface area (Å²) in [6.07, 6.45) is 4.55. The zero-order valence-corrected chi connectivity index (χ0v) is 13.6. The number of hydrogen-bond donors (Lipinski definition) is 0. The SMILES string of the molecule is O=C(c1ccc(Cl)c(Br)c1)N(CCCl)C1CCCC1. The molecule has 0 N–H and O–H groups in total. The van der Waals surface area contributed by atoms with Crippen LogP contribution in [0.15, 0.2) is 22.7 Å². The van der Waals surface area contributed by atoms with Gasteiger partial charge in [-0.05, 0) is 47.0 Å². The lowest BCUT2D eigenvalue weighted by Gasteiger charge is -2.28. The topological polar surface area (TPSA) is 20.3 Å². The maximum atomic E-state index is 12.6. The van der Waals surface area contributed by atoms with Gasteiger partial charge in [0.15, 0.2) is 0 Å². The molecule has 2 rings (SSSR count). The second-order valence-electron chi connectivity index (χ2n) is 4.75. The summed E-state index contributed by atoms with van der Waals surface area (Å²) in [7, 11) is 0. The highest BCUT2D eigenvalue weighted by molar-refractivity contribution is 9.10. The average Bonchev–Trinajstić information content (AvgIpc) is 2.92. The van der Waals surface area contributed by atoms with E-state index in [-0.39, 0.29) is 5.91 Å². The first kappa shape index (κ1) is 15.1. The fourth-order valence-electron chi connectivity index (χ4n) is 2.55. The Hall–Kier alpha value is -0.250. The van der Waals surface area contributed by atoms with Gasteiger partial charge in [0.2, 0.25) is 0 Å². The number of benzene rings is 1. The Morgan fingerprint density at radius 2 is 2.05 bits per heavy atom. The van der Waals surface area contributed by atoms with Gasteiger partial charge >= 0.3 is 0 Å². The molecule has 0 spiro atoms. The highest BCUT2D eigenvalue weighted by Gasteiger charge is 2.27. The van der Waals surface area contributed by atoms with E-state index in [1.54, 1.807) is 18.2 Å². The van der Waals surface area contributed by atoms with Gasteiger partial charge in [-0.3, -0.25) is 4.79 Å². The van der Waals surface area contributed by atoms with Crippen molar-refractivity contribution < 1.29 is 4.79 Å². The Morgan fingerprint density at radius 3 is 2.63 bits per heavy atom. The van der Waals surface area contributed by atoms with E-state index in [1.807, 2.05) is 4.90 Å². The minimum absolute atomic E-state index is 0.0462. The molecule has 104 valence electrons. The number of nitrogens with zero attached hydrogens (tertiary/aromatic N) is 1. The second kappa shape index (κ2) is 6.96. The van der Waals surface area contributed by atoms with E-state index in [2.05, 4.69) is 15.9 Å². The van der Waals surface area contributed by atoms with Crippen molar-refractivity contribution in [2.24, 2.45) is 0 Å². The lowest BCUT2D eigenvalue weighted by molar-refractivity contribution is 0.0695. The Labute approximate surface area is 132 Å². The lowest BCUT2D eigenvalue weighted by Crippen LogP contribution is -2.40. The van der Waals surface area contributed by atoms with E-state index in [1.165, 1.54) is 12.8 Å². The van der Waals surface area contributed by atoms with E-state index < -0.39 is 0 Å². The monoisotopic (exact) mass is 363 g/mol. The molecule has 1 aromatic rings. The Morgan fingerprint density at radius 1 is 1.37 bits per heavy atom. The smallest absolute Gasteiger partial charge is 0.254 e. The van der Waals surface area contributed by atoms with Crippen molar-refractivity contribution in [1.82, 2.24) is 4.90 Å². The first-order valence-corrected chi connectivity index (χ1v) is 8.16. The molecule has 2 nitrogen and oxygen atoms in total. The van der Waals surface area contributed by atoms with E-state index in [0.29, 0.717) is 29.1 Å². The van der Waals surface area contributed by atoms with Crippen molar-refractivity contribution in [3.63, 3.8) is 0 Å². The van der Waals surface area contributed by atoms with Crippen LogP contribution in [0.25, 0.3) is 0 Å². The molecule has 1 amide bonds. The Bertz CT molecular complexity index is 461. The first-order valence-electron chi connectivity index (χ1n) is 6.45. The van der Waals surface area contributed by atoms with Crippen molar-refractivity contribution in [3.8, 4) is 0 Å². The van der Waals surface area contributed by atoms with Crippen LogP contribution in [0.5, 0.6) is 0 Å². The highest BCUT2D eigenvalue weighted by Crippen LogP contribution is 2.27. The van der Waals surface area contributed by atoms with Crippen molar-refractivity contribution in [2.75, 3.05) is 12.4 Å². The van der Waals surface area contributed by atoms with Crippen LogP contribution >= 0.6 is 39.1 Å². The fourth-order valence-corrected chi connectivity index (χ4v) is 3.23. The molecule has 0 bridgehead atoms. The van der Waals surface area contributed by atoms with Gasteiger partial charge in [-0.1, -0.05) is 24.4 Å². The number of rotatable bonds is 4. The molecule has 19 heavy (non-hydrogen) atoms. The van der Waals surface area contributed by atoms with Crippen molar-refractivity contribution in [2.45, 2.75) is 31.7 Å². The molecule has 0 heterocycles. The minimum Gasteiger partial charge on any atom is -0.334 e. The molecule has 1 fully saturated rings. The van der Waals surface area contributed by atoms with Gasteiger partial charge < -0.3 is 4.90 Å². The van der Waals surface area contributed by atoms with E-state index in [9.17, 15) is 4.79 Å². The van der Waals surface area contributed by atoms with Crippen LogP contribution in [0.4, 0.5) is 0 Å². The Balaban J connectivity index is 2.20. The van der Waals surface area contributed by atoms with Crippen molar-refractivity contribution in [1.29, 1.82) is 0 Å². The molecule has 0 saturated heterocycles. The predicted octanol–water partition coefficient (Wildman–Crippen LogP) is 4.73. The summed E-state index contributed by atoms with van der Waals surface area (Å²) in [5, 5.41) is 0.612. The van der Waals surface area contributed by atoms with Crippen LogP contribution in [0, 0.1) is 0 Å². The van der Waals surface area contributed by atoms with Gasteiger partial charge in [0.05, 0.1) is 5.02 Å². The summed E-state index contributed by atoms with van der Waals surface area (Å²) < 4.78 is 0.747. The van der Waals surface area contributed by atoms with E-state index >= 15 is 0 Å². The quantitative estimate of drug-likeness (QED) is 0.707. The number of carbonyl (C=O) groups is 1. The third kappa shape index (κ3) is 3.65. The zero-order chi connectivity index (χ0) is 13.8. The summed E-state index contributed by atoms with van der Waals surface area (Å²) in [6, 6.07) is 5.62. The van der Waals surface area contributed by atoms with Crippen molar-refractivity contribution >= 4 is 45.0 Å². The van der Waals surface area contributed by atoms with Gasteiger partial charge in [0, 0.05) is 28.5 Å². The number of halogens is 3. The number of amides is 1. The van der Waals surface area contributed by atoms with Gasteiger partial charge in [-0.2, -0.15) is 0 Å². The van der Waals surface area contributed by atoms with Gasteiger partial charge in [-0.15, -0.1) is 11.6 Å². The molecule has 1 aromatic carbocycles. The molecular weight excluding hydrogens is 349 g/mol. The van der Waals surface area contributed by atoms with Crippen LogP contribution in [-0.4, -0.2) is 29.3 Å². The fraction of sp³-hybridized carbons (Fsp3) is 0.500. The first-order chi connectivity index (χ1) is 9.13. The maximum absolute atomic E-state index is 12.6. The molecule has 0 unspecified atom stereocenters. The summed E-state index contributed by atoms with van der Waals surface area (Å²) in [5.41, 5.74) is 0.660. The molecule has 0 atom stereocenters. The molecule has 1 saturated carbocycles. The van der Waals surface area contributed by atoms with E-state index in [4.69, 9.17) is 23.2 Å². The third-order valence-electron chi connectivity index (χ3n) is 3.52. The van der Waals surface area contributed by atoms with Gasteiger partial charge in [-0.25, -0.2) is 0 Å². The number of alkyl halides is 1. The summed E-state index contributed by atoms with van der Waals surface area (Å²) >= 11 is 15.2. The molecule has 5 heteroatoms. The number of hydrogen-bond acceptors (Lipinski definition) is 1. The predicted molar refractivity (Wildman–Crippen MR) is 83.2 cm³/mol. The minimum atomic E-state index is 0.0462. The molecule has 1 aliphatic carbocycles. The molecule has 0 radical (unpaired) electrons. The number of carbonyl (C=O) groups excluding carboxylic acids is 1. The van der Waals surface area contributed by atoms with Crippen LogP contribution in [-0.2, 0) is 0 Å². The zero-order valence-electron chi connectivity index (χ0n) is 10.5. The molecule has 0 aliphatic heterocycles. The molecule has 0 aromatic heterocycles. The summed E-state index contributed by atoms with van der Waals surface area (Å²) in [6.45, 7) is 0.602. The summed E-state index contributed by atoms with van der Waals surface area (Å²) in [4.78, 5) is 14.5. The highest BCUT2D eigenvalue weighted by atomic mass is 79.9.